The highest BCUT2D eigenvalue weighted by Crippen LogP contribution is 2.24. The van der Waals surface area contributed by atoms with Gasteiger partial charge in [-0.25, -0.2) is 0 Å². The Morgan fingerprint density at radius 1 is 1.33 bits per heavy atom. The van der Waals surface area contributed by atoms with E-state index in [1.54, 1.807) is 19.0 Å². The Morgan fingerprint density at radius 3 is 2.62 bits per heavy atom. The fourth-order valence-corrected chi connectivity index (χ4v) is 2.38. The zero-order valence-corrected chi connectivity index (χ0v) is 13.6. The fourth-order valence-electron chi connectivity index (χ4n) is 2.38. The minimum absolute atomic E-state index is 0.138. The maximum absolute atomic E-state index is 12.0. The summed E-state index contributed by atoms with van der Waals surface area (Å²) in [6, 6.07) is 7.19. The van der Waals surface area contributed by atoms with Crippen LogP contribution in [-0.2, 0) is 11.3 Å². The van der Waals surface area contributed by atoms with E-state index in [2.05, 4.69) is 42.3 Å². The highest BCUT2D eigenvalue weighted by Gasteiger charge is 2.21. The van der Waals surface area contributed by atoms with E-state index in [-0.39, 0.29) is 5.91 Å². The Morgan fingerprint density at radius 2 is 2.05 bits per heavy atom. The van der Waals surface area contributed by atoms with Gasteiger partial charge in [-0.05, 0) is 38.3 Å². The highest BCUT2D eigenvalue weighted by atomic mass is 16.2. The molecule has 0 bridgehead atoms. The predicted octanol–water partition coefficient (Wildman–Crippen LogP) is 2.16. The third-order valence-electron chi connectivity index (χ3n) is 3.94. The first-order valence-electron chi connectivity index (χ1n) is 7.79. The molecule has 1 aliphatic carbocycles. The number of nitrogens with zero attached hydrogens (tertiary/aromatic N) is 2. The van der Waals surface area contributed by atoms with E-state index in [1.807, 2.05) is 0 Å². The molecule has 1 aromatic carbocycles. The van der Waals surface area contributed by atoms with Crippen LogP contribution in [0, 0.1) is 6.92 Å². The van der Waals surface area contributed by atoms with Gasteiger partial charge in [-0.15, -0.1) is 0 Å². The van der Waals surface area contributed by atoms with Crippen molar-refractivity contribution in [3.8, 4) is 0 Å². The van der Waals surface area contributed by atoms with Gasteiger partial charge in [-0.3, -0.25) is 4.79 Å². The molecule has 116 valence electrons. The average Bonchev–Trinajstić information content (AvgIpc) is 3.27. The maximum Gasteiger partial charge on any atom is 0.241 e. The number of anilines is 1. The lowest BCUT2D eigenvalue weighted by molar-refractivity contribution is -0.127. The Kier molecular flexibility index (Phi) is 5.23. The molecule has 0 aromatic heterocycles. The Balaban J connectivity index is 2.15. The SMILES string of the molecule is CCN(CC(=O)N(C)C)c1ccc(C)cc1CNC1CC1. The number of carbonyl (C=O) groups is 1. The van der Waals surface area contributed by atoms with Crippen LogP contribution < -0.4 is 10.2 Å². The summed E-state index contributed by atoms with van der Waals surface area (Å²) in [6.07, 6.45) is 2.58. The van der Waals surface area contributed by atoms with Crippen molar-refractivity contribution in [3.63, 3.8) is 0 Å². The summed E-state index contributed by atoms with van der Waals surface area (Å²) in [5, 5.41) is 3.57. The molecular formula is C17H27N3O. The number of aryl methyl sites for hydroxylation is 1. The lowest BCUT2D eigenvalue weighted by Gasteiger charge is -2.27. The van der Waals surface area contributed by atoms with Gasteiger partial charge in [0.15, 0.2) is 0 Å². The molecule has 4 nitrogen and oxygen atoms in total. The average molecular weight is 289 g/mol. The van der Waals surface area contributed by atoms with Crippen LogP contribution >= 0.6 is 0 Å². The molecule has 0 radical (unpaired) electrons. The summed E-state index contributed by atoms with van der Waals surface area (Å²) >= 11 is 0. The number of likely N-dealkylation sites (N-methyl/N-ethyl adjacent to an activating group) is 2. The van der Waals surface area contributed by atoms with Crippen molar-refractivity contribution in [2.24, 2.45) is 0 Å². The lowest BCUT2D eigenvalue weighted by atomic mass is 10.1. The van der Waals surface area contributed by atoms with Crippen molar-refractivity contribution in [2.45, 2.75) is 39.3 Å². The van der Waals surface area contributed by atoms with Crippen molar-refractivity contribution in [1.82, 2.24) is 10.2 Å². The van der Waals surface area contributed by atoms with Gasteiger partial charge < -0.3 is 15.1 Å². The number of amides is 1. The van der Waals surface area contributed by atoms with Crippen LogP contribution in [0.1, 0.15) is 30.9 Å². The molecule has 0 spiro atoms. The van der Waals surface area contributed by atoms with Crippen LogP contribution in [0.4, 0.5) is 5.69 Å². The van der Waals surface area contributed by atoms with Gasteiger partial charge in [0.1, 0.15) is 0 Å². The summed E-state index contributed by atoms with van der Waals surface area (Å²) in [4.78, 5) is 15.8. The van der Waals surface area contributed by atoms with Gasteiger partial charge in [0, 0.05) is 38.9 Å². The molecule has 1 saturated carbocycles. The van der Waals surface area contributed by atoms with Gasteiger partial charge in [0.05, 0.1) is 6.54 Å². The summed E-state index contributed by atoms with van der Waals surface area (Å²) in [5.41, 5.74) is 3.73. The van der Waals surface area contributed by atoms with Crippen LogP contribution in [0.25, 0.3) is 0 Å². The zero-order chi connectivity index (χ0) is 15.4. The molecule has 2 rings (SSSR count). The lowest BCUT2D eigenvalue weighted by Crippen LogP contribution is -2.37. The summed E-state index contributed by atoms with van der Waals surface area (Å²) in [7, 11) is 3.61. The van der Waals surface area contributed by atoms with Crippen molar-refractivity contribution in [1.29, 1.82) is 0 Å². The Labute approximate surface area is 128 Å². The minimum Gasteiger partial charge on any atom is -0.362 e. The number of benzene rings is 1. The van der Waals surface area contributed by atoms with E-state index in [0.29, 0.717) is 12.6 Å². The van der Waals surface area contributed by atoms with E-state index in [9.17, 15) is 4.79 Å². The monoisotopic (exact) mass is 289 g/mol. The summed E-state index contributed by atoms with van der Waals surface area (Å²) in [6.45, 7) is 6.36. The third-order valence-corrected chi connectivity index (χ3v) is 3.94. The number of rotatable bonds is 7. The molecular weight excluding hydrogens is 262 g/mol. The van der Waals surface area contributed by atoms with Gasteiger partial charge in [0.25, 0.3) is 0 Å². The summed E-state index contributed by atoms with van der Waals surface area (Å²) < 4.78 is 0. The smallest absolute Gasteiger partial charge is 0.241 e. The van der Waals surface area contributed by atoms with Crippen LogP contribution in [0.2, 0.25) is 0 Å². The van der Waals surface area contributed by atoms with Gasteiger partial charge in [0.2, 0.25) is 5.91 Å². The first-order valence-corrected chi connectivity index (χ1v) is 7.79. The van der Waals surface area contributed by atoms with E-state index in [4.69, 9.17) is 0 Å². The number of hydrogen-bond acceptors (Lipinski definition) is 3. The maximum atomic E-state index is 12.0. The molecule has 1 amide bonds. The molecule has 0 atom stereocenters. The van der Waals surface area contributed by atoms with E-state index in [0.717, 1.165) is 13.1 Å². The first-order chi connectivity index (χ1) is 10.0. The topological polar surface area (TPSA) is 35.6 Å². The molecule has 1 fully saturated rings. The quantitative estimate of drug-likeness (QED) is 0.835. The highest BCUT2D eigenvalue weighted by molar-refractivity contribution is 5.81. The number of carbonyl (C=O) groups excluding carboxylic acids is 1. The number of hydrogen-bond donors (Lipinski definition) is 1. The minimum atomic E-state index is 0.138. The standard InChI is InChI=1S/C17H27N3O/c1-5-20(12-17(21)19(3)4)16-9-6-13(2)10-14(16)11-18-15-7-8-15/h6,9-10,15,18H,5,7-8,11-12H2,1-4H3. The first kappa shape index (κ1) is 15.8. The van der Waals surface area contributed by atoms with Crippen molar-refractivity contribution in [3.05, 3.63) is 29.3 Å². The van der Waals surface area contributed by atoms with E-state index < -0.39 is 0 Å². The molecule has 0 unspecified atom stereocenters. The molecule has 1 N–H and O–H groups in total. The zero-order valence-electron chi connectivity index (χ0n) is 13.6. The van der Waals surface area contributed by atoms with Crippen molar-refractivity contribution in [2.75, 3.05) is 32.1 Å². The Bertz CT molecular complexity index is 495. The second kappa shape index (κ2) is 6.94. The predicted molar refractivity (Wildman–Crippen MR) is 87.6 cm³/mol. The van der Waals surface area contributed by atoms with Crippen LogP contribution in [-0.4, -0.2) is 44.0 Å². The summed E-state index contributed by atoms with van der Waals surface area (Å²) in [5.74, 6) is 0.138. The molecule has 21 heavy (non-hydrogen) atoms. The fraction of sp³-hybridized carbons (Fsp3) is 0.588. The molecule has 1 aliphatic rings. The largest absolute Gasteiger partial charge is 0.362 e. The Hall–Kier alpha value is -1.55. The second-order valence-electron chi connectivity index (χ2n) is 6.09. The molecule has 1 aromatic rings. The molecule has 0 saturated heterocycles. The normalized spacial score (nSPS) is 14.1. The third kappa shape index (κ3) is 4.46. The van der Waals surface area contributed by atoms with Crippen molar-refractivity contribution >= 4 is 11.6 Å². The van der Waals surface area contributed by atoms with Crippen LogP contribution in [0.15, 0.2) is 18.2 Å². The number of nitrogens with one attached hydrogen (secondary N) is 1. The van der Waals surface area contributed by atoms with Crippen molar-refractivity contribution < 1.29 is 4.79 Å². The van der Waals surface area contributed by atoms with Gasteiger partial charge >= 0.3 is 0 Å². The molecule has 4 heteroatoms. The van der Waals surface area contributed by atoms with E-state index >= 15 is 0 Å². The van der Waals surface area contributed by atoms with Gasteiger partial charge in [-0.1, -0.05) is 17.7 Å². The van der Waals surface area contributed by atoms with Crippen LogP contribution in [0.3, 0.4) is 0 Å². The van der Waals surface area contributed by atoms with E-state index in [1.165, 1.54) is 29.7 Å². The molecule has 0 aliphatic heterocycles. The van der Waals surface area contributed by atoms with Crippen LogP contribution in [0.5, 0.6) is 0 Å². The second-order valence-corrected chi connectivity index (χ2v) is 6.09. The molecule has 0 heterocycles. The van der Waals surface area contributed by atoms with Gasteiger partial charge in [-0.2, -0.15) is 0 Å².